The number of imide groups is 1. The number of hydrogen-bond donors (Lipinski definition) is 1. The smallest absolute Gasteiger partial charge is 0.409 e. The summed E-state index contributed by atoms with van der Waals surface area (Å²) in [4.78, 5) is 38.9. The average Bonchev–Trinajstić information content (AvgIpc) is 2.78. The Morgan fingerprint density at radius 1 is 1.29 bits per heavy atom. The van der Waals surface area contributed by atoms with E-state index in [-0.39, 0.29) is 19.1 Å². The van der Waals surface area contributed by atoms with Crippen LogP contribution in [0.2, 0.25) is 0 Å². The van der Waals surface area contributed by atoms with Crippen molar-refractivity contribution >= 4 is 18.0 Å². The summed E-state index contributed by atoms with van der Waals surface area (Å²) in [6, 6.07) is 7.56. The van der Waals surface area contributed by atoms with E-state index < -0.39 is 17.7 Å². The van der Waals surface area contributed by atoms with Gasteiger partial charge in [-0.1, -0.05) is 24.3 Å². The molecule has 0 aromatic heterocycles. The zero-order valence-electron chi connectivity index (χ0n) is 13.9. The Labute approximate surface area is 140 Å². The molecule has 1 aromatic carbocycles. The number of carbonyl (C=O) groups is 3. The van der Waals surface area contributed by atoms with Crippen molar-refractivity contribution in [1.82, 2.24) is 15.1 Å². The van der Waals surface area contributed by atoms with Crippen LogP contribution in [0.1, 0.15) is 17.5 Å². The number of amides is 4. The highest BCUT2D eigenvalue weighted by Crippen LogP contribution is 2.33. The van der Waals surface area contributed by atoms with Gasteiger partial charge in [-0.3, -0.25) is 9.69 Å². The molecular formula is C17H21N3O4. The third-order valence-electron chi connectivity index (χ3n) is 4.58. The van der Waals surface area contributed by atoms with Gasteiger partial charge in [-0.2, -0.15) is 0 Å². The molecule has 3 rings (SSSR count). The molecule has 1 N–H and O–H groups in total. The molecule has 1 atom stereocenters. The molecule has 128 valence electrons. The Morgan fingerprint density at radius 2 is 2.00 bits per heavy atom. The van der Waals surface area contributed by atoms with Crippen LogP contribution in [0, 0.1) is 0 Å². The van der Waals surface area contributed by atoms with Crippen molar-refractivity contribution in [1.29, 1.82) is 0 Å². The minimum Gasteiger partial charge on any atom is -0.448 e. The lowest BCUT2D eigenvalue weighted by Gasteiger charge is -2.32. The fourth-order valence-corrected chi connectivity index (χ4v) is 3.26. The summed E-state index contributed by atoms with van der Waals surface area (Å²) in [7, 11) is 3.15. The second kappa shape index (κ2) is 6.14. The van der Waals surface area contributed by atoms with Crippen LogP contribution >= 0.6 is 0 Å². The van der Waals surface area contributed by atoms with Gasteiger partial charge >= 0.3 is 12.1 Å². The monoisotopic (exact) mass is 331 g/mol. The van der Waals surface area contributed by atoms with Gasteiger partial charge in [0.15, 0.2) is 0 Å². The van der Waals surface area contributed by atoms with Gasteiger partial charge in [0.1, 0.15) is 12.1 Å². The van der Waals surface area contributed by atoms with Crippen molar-refractivity contribution in [2.24, 2.45) is 0 Å². The first-order chi connectivity index (χ1) is 11.4. The number of aryl methyl sites for hydroxylation is 1. The van der Waals surface area contributed by atoms with Crippen LogP contribution in [-0.4, -0.2) is 60.6 Å². The Kier molecular flexibility index (Phi) is 4.17. The fraction of sp³-hybridized carbons (Fsp3) is 0.471. The molecule has 0 radical (unpaired) electrons. The molecule has 1 saturated heterocycles. The van der Waals surface area contributed by atoms with Gasteiger partial charge in [0.25, 0.3) is 5.91 Å². The maximum absolute atomic E-state index is 12.8. The van der Waals surface area contributed by atoms with Crippen LogP contribution in [0.4, 0.5) is 9.59 Å². The molecule has 0 saturated carbocycles. The van der Waals surface area contributed by atoms with Gasteiger partial charge in [-0.05, 0) is 24.0 Å². The fourth-order valence-electron chi connectivity index (χ4n) is 3.26. The van der Waals surface area contributed by atoms with E-state index >= 15 is 0 Å². The molecule has 24 heavy (non-hydrogen) atoms. The molecule has 7 nitrogen and oxygen atoms in total. The molecule has 1 spiro atoms. The van der Waals surface area contributed by atoms with Crippen LogP contribution in [0.15, 0.2) is 24.3 Å². The predicted molar refractivity (Wildman–Crippen MR) is 86.5 cm³/mol. The highest BCUT2D eigenvalue weighted by atomic mass is 16.6. The topological polar surface area (TPSA) is 79.0 Å². The SMILES string of the molecule is CN(C)C(=O)OCCN1C(=O)NC2(CCc3ccccc3C2)C1=O. The summed E-state index contributed by atoms with van der Waals surface area (Å²) in [5.41, 5.74) is 1.46. The molecule has 7 heteroatoms. The molecule has 1 aliphatic carbocycles. The third-order valence-corrected chi connectivity index (χ3v) is 4.58. The quantitative estimate of drug-likeness (QED) is 0.843. The number of nitrogens with zero attached hydrogens (tertiary/aromatic N) is 2. The molecule has 1 aliphatic heterocycles. The minimum absolute atomic E-state index is 0.0111. The molecule has 1 unspecified atom stereocenters. The van der Waals surface area contributed by atoms with Crippen molar-refractivity contribution in [3.05, 3.63) is 35.4 Å². The lowest BCUT2D eigenvalue weighted by molar-refractivity contribution is -0.132. The van der Waals surface area contributed by atoms with E-state index in [9.17, 15) is 14.4 Å². The van der Waals surface area contributed by atoms with Crippen molar-refractivity contribution < 1.29 is 19.1 Å². The third kappa shape index (κ3) is 2.81. The maximum Gasteiger partial charge on any atom is 0.409 e. The van der Waals surface area contributed by atoms with Gasteiger partial charge in [0.05, 0.1) is 6.54 Å². The largest absolute Gasteiger partial charge is 0.448 e. The van der Waals surface area contributed by atoms with E-state index in [0.29, 0.717) is 12.8 Å². The van der Waals surface area contributed by atoms with Gasteiger partial charge < -0.3 is 15.0 Å². The average molecular weight is 331 g/mol. The first kappa shape index (κ1) is 16.3. The van der Waals surface area contributed by atoms with E-state index in [1.54, 1.807) is 14.1 Å². The normalized spacial score (nSPS) is 22.3. The number of rotatable bonds is 3. The van der Waals surface area contributed by atoms with E-state index in [2.05, 4.69) is 11.4 Å². The molecule has 0 bridgehead atoms. The number of hydrogen-bond acceptors (Lipinski definition) is 4. The number of benzene rings is 1. The summed E-state index contributed by atoms with van der Waals surface area (Å²) < 4.78 is 5.01. The van der Waals surface area contributed by atoms with Gasteiger partial charge in [0, 0.05) is 20.5 Å². The van der Waals surface area contributed by atoms with Crippen molar-refractivity contribution in [2.45, 2.75) is 24.8 Å². The number of carbonyl (C=O) groups excluding carboxylic acids is 3. The Balaban J connectivity index is 1.67. The summed E-state index contributed by atoms with van der Waals surface area (Å²) in [5, 5.41) is 2.86. The summed E-state index contributed by atoms with van der Waals surface area (Å²) in [6.45, 7) is 0.0521. The van der Waals surface area contributed by atoms with E-state index in [4.69, 9.17) is 4.74 Å². The molecule has 2 aliphatic rings. The Hall–Kier alpha value is -2.57. The summed E-state index contributed by atoms with van der Waals surface area (Å²) in [6.07, 6.45) is 1.35. The molecule has 1 fully saturated rings. The highest BCUT2D eigenvalue weighted by Gasteiger charge is 2.52. The van der Waals surface area contributed by atoms with E-state index in [0.717, 1.165) is 16.9 Å². The highest BCUT2D eigenvalue weighted by molar-refractivity contribution is 6.07. The van der Waals surface area contributed by atoms with E-state index in [1.807, 2.05) is 18.2 Å². The second-order valence-electron chi connectivity index (χ2n) is 6.42. The lowest BCUT2D eigenvalue weighted by Crippen LogP contribution is -2.51. The molecular weight excluding hydrogens is 310 g/mol. The van der Waals surface area contributed by atoms with Crippen LogP contribution < -0.4 is 5.32 Å². The van der Waals surface area contributed by atoms with E-state index in [1.165, 1.54) is 10.5 Å². The Morgan fingerprint density at radius 3 is 2.71 bits per heavy atom. The minimum atomic E-state index is -0.864. The first-order valence-electron chi connectivity index (χ1n) is 7.98. The van der Waals surface area contributed by atoms with Crippen LogP contribution in [0.5, 0.6) is 0 Å². The molecule has 1 aromatic rings. The zero-order valence-corrected chi connectivity index (χ0v) is 13.9. The molecule has 4 amide bonds. The zero-order chi connectivity index (χ0) is 17.3. The van der Waals surface area contributed by atoms with Crippen molar-refractivity contribution in [3.8, 4) is 0 Å². The Bertz CT molecular complexity index is 688. The van der Waals surface area contributed by atoms with Crippen LogP contribution in [0.25, 0.3) is 0 Å². The van der Waals surface area contributed by atoms with Gasteiger partial charge in [-0.25, -0.2) is 9.59 Å². The number of fused-ring (bicyclic) bond motifs is 1. The van der Waals surface area contributed by atoms with Crippen LogP contribution in [0.3, 0.4) is 0 Å². The van der Waals surface area contributed by atoms with Crippen molar-refractivity contribution in [3.63, 3.8) is 0 Å². The number of urea groups is 1. The summed E-state index contributed by atoms with van der Waals surface area (Å²) in [5.74, 6) is -0.233. The second-order valence-corrected chi connectivity index (χ2v) is 6.42. The molecule has 1 heterocycles. The lowest BCUT2D eigenvalue weighted by atomic mass is 9.78. The number of ether oxygens (including phenoxy) is 1. The van der Waals surface area contributed by atoms with Crippen molar-refractivity contribution in [2.75, 3.05) is 27.2 Å². The van der Waals surface area contributed by atoms with Gasteiger partial charge in [0.2, 0.25) is 0 Å². The first-order valence-corrected chi connectivity index (χ1v) is 7.98. The van der Waals surface area contributed by atoms with Gasteiger partial charge in [-0.15, -0.1) is 0 Å². The summed E-state index contributed by atoms with van der Waals surface area (Å²) >= 11 is 0. The number of nitrogens with one attached hydrogen (secondary N) is 1. The predicted octanol–water partition coefficient (Wildman–Crippen LogP) is 1.16. The maximum atomic E-state index is 12.8. The van der Waals surface area contributed by atoms with Crippen LogP contribution in [-0.2, 0) is 22.4 Å². The standard InChI is InChI=1S/C17H21N3O4/c1-19(2)16(23)24-10-9-20-14(21)17(18-15(20)22)8-7-12-5-3-4-6-13(12)11-17/h3-6H,7-11H2,1-2H3,(H,18,22).